The van der Waals surface area contributed by atoms with Gasteiger partial charge in [0.15, 0.2) is 10.2 Å². The van der Waals surface area contributed by atoms with Crippen molar-refractivity contribution in [2.24, 2.45) is 0 Å². The molecule has 2 rings (SSSR count). The van der Waals surface area contributed by atoms with Crippen molar-refractivity contribution in [1.29, 1.82) is 0 Å². The number of rotatable bonds is 6. The largest absolute Gasteiger partial charge is 0.374 e. The van der Waals surface area contributed by atoms with E-state index in [9.17, 15) is 0 Å². The molecule has 0 aliphatic heterocycles. The molecule has 2 aromatic rings. The molecule has 0 saturated carbocycles. The lowest BCUT2D eigenvalue weighted by molar-refractivity contribution is 0.128. The highest BCUT2D eigenvalue weighted by atomic mass is 32.2. The Kier molecular flexibility index (Phi) is 4.85. The minimum atomic E-state index is 0.412. The van der Waals surface area contributed by atoms with Crippen molar-refractivity contribution in [3.8, 4) is 0 Å². The van der Waals surface area contributed by atoms with Gasteiger partial charge < -0.3 is 10.1 Å². The van der Waals surface area contributed by atoms with Crippen LogP contribution in [0.5, 0.6) is 0 Å². The van der Waals surface area contributed by atoms with Crippen LogP contribution in [0.25, 0.3) is 0 Å². The molecule has 2 heterocycles. The van der Waals surface area contributed by atoms with Crippen molar-refractivity contribution in [3.63, 3.8) is 0 Å². The Balaban J connectivity index is 2.17. The van der Waals surface area contributed by atoms with E-state index in [4.69, 9.17) is 4.74 Å². The van der Waals surface area contributed by atoms with Crippen LogP contribution in [0.15, 0.2) is 21.8 Å². The normalized spacial score (nSPS) is 10.6. The van der Waals surface area contributed by atoms with E-state index in [1.807, 2.05) is 20.0 Å². The van der Waals surface area contributed by atoms with Gasteiger partial charge in [0.25, 0.3) is 0 Å². The summed E-state index contributed by atoms with van der Waals surface area (Å²) >= 11 is 2.81. The molecule has 0 radical (unpaired) electrons. The molecule has 0 bridgehead atoms. The molecule has 0 aliphatic carbocycles. The van der Waals surface area contributed by atoms with E-state index in [0.29, 0.717) is 19.0 Å². The van der Waals surface area contributed by atoms with Crippen LogP contribution in [-0.2, 0) is 11.3 Å². The Morgan fingerprint density at radius 1 is 1.44 bits per heavy atom. The van der Waals surface area contributed by atoms with Gasteiger partial charge in [0.2, 0.25) is 0 Å². The first-order valence-electron chi connectivity index (χ1n) is 5.39. The molecule has 0 amide bonds. The van der Waals surface area contributed by atoms with Crippen LogP contribution in [0.2, 0.25) is 0 Å². The average Bonchev–Trinajstić information content (AvgIpc) is 2.89. The van der Waals surface area contributed by atoms with E-state index >= 15 is 0 Å². The van der Waals surface area contributed by atoms with Crippen molar-refractivity contribution in [1.82, 2.24) is 19.3 Å². The zero-order valence-corrected chi connectivity index (χ0v) is 11.7. The molecule has 8 heteroatoms. The quantitative estimate of drug-likeness (QED) is 0.813. The van der Waals surface area contributed by atoms with Crippen molar-refractivity contribution >= 4 is 29.1 Å². The topological polar surface area (TPSA) is 72.8 Å². The highest BCUT2D eigenvalue weighted by Gasteiger charge is 2.07. The van der Waals surface area contributed by atoms with Gasteiger partial charge in [-0.05, 0) is 30.2 Å². The zero-order chi connectivity index (χ0) is 12.8. The molecule has 0 fully saturated rings. The van der Waals surface area contributed by atoms with Gasteiger partial charge in [0.1, 0.15) is 23.8 Å². The summed E-state index contributed by atoms with van der Waals surface area (Å²) in [5.41, 5.74) is 0. The number of nitrogens with one attached hydrogen (secondary N) is 1. The number of hydrogen-bond donors (Lipinski definition) is 1. The Hall–Kier alpha value is -1.25. The van der Waals surface area contributed by atoms with Crippen molar-refractivity contribution < 1.29 is 4.74 Å². The second kappa shape index (κ2) is 6.62. The Morgan fingerprint density at radius 3 is 3.00 bits per heavy atom. The second-order valence-electron chi connectivity index (χ2n) is 3.20. The fourth-order valence-corrected chi connectivity index (χ4v) is 2.62. The lowest BCUT2D eigenvalue weighted by Gasteiger charge is -2.06. The van der Waals surface area contributed by atoms with Gasteiger partial charge in [0, 0.05) is 19.7 Å². The molecule has 0 spiro atoms. The molecule has 0 aliphatic rings. The smallest absolute Gasteiger partial charge is 0.175 e. The summed E-state index contributed by atoms with van der Waals surface area (Å²) in [5.74, 6) is 1.43. The van der Waals surface area contributed by atoms with Gasteiger partial charge in [-0.1, -0.05) is 0 Å². The average molecular weight is 283 g/mol. The van der Waals surface area contributed by atoms with Crippen LogP contribution in [0, 0.1) is 0 Å². The minimum absolute atomic E-state index is 0.412. The van der Waals surface area contributed by atoms with Crippen LogP contribution in [0.1, 0.15) is 12.7 Å². The van der Waals surface area contributed by atoms with Crippen LogP contribution in [0.3, 0.4) is 0 Å². The summed E-state index contributed by atoms with van der Waals surface area (Å²) in [5, 5.41) is 3.85. The summed E-state index contributed by atoms with van der Waals surface area (Å²) in [4.78, 5) is 12.9. The summed E-state index contributed by atoms with van der Waals surface area (Å²) in [6.07, 6.45) is 1.54. The molecule has 6 nitrogen and oxygen atoms in total. The Bertz CT molecular complexity index is 491. The van der Waals surface area contributed by atoms with Gasteiger partial charge in [-0.2, -0.15) is 4.37 Å². The molecule has 2 aromatic heterocycles. The van der Waals surface area contributed by atoms with E-state index in [-0.39, 0.29) is 0 Å². The number of aromatic nitrogens is 4. The summed E-state index contributed by atoms with van der Waals surface area (Å²) in [7, 11) is 1.83. The summed E-state index contributed by atoms with van der Waals surface area (Å²) in [6, 6.07) is 1.88. The fraction of sp³-hybridized carbons (Fsp3) is 0.400. The van der Waals surface area contributed by atoms with E-state index in [0.717, 1.165) is 15.2 Å². The fourth-order valence-electron chi connectivity index (χ4n) is 1.21. The third kappa shape index (κ3) is 3.62. The molecule has 0 saturated heterocycles. The first kappa shape index (κ1) is 13.2. The third-order valence-electron chi connectivity index (χ3n) is 1.97. The predicted octanol–water partition coefficient (Wildman–Crippen LogP) is 2.06. The van der Waals surface area contributed by atoms with E-state index in [1.54, 1.807) is 0 Å². The van der Waals surface area contributed by atoms with Crippen molar-refractivity contribution in [3.05, 3.63) is 18.2 Å². The van der Waals surface area contributed by atoms with Gasteiger partial charge in [-0.3, -0.25) is 0 Å². The van der Waals surface area contributed by atoms with E-state index < -0.39 is 0 Å². The second-order valence-corrected chi connectivity index (χ2v) is 5.25. The molecule has 0 aromatic carbocycles. The van der Waals surface area contributed by atoms with Crippen LogP contribution < -0.4 is 5.32 Å². The minimum Gasteiger partial charge on any atom is -0.374 e. The maximum absolute atomic E-state index is 5.32. The van der Waals surface area contributed by atoms with E-state index in [1.165, 1.54) is 29.6 Å². The number of ether oxygens (including phenoxy) is 1. The molecule has 1 N–H and O–H groups in total. The number of hydrogen-bond acceptors (Lipinski definition) is 8. The summed E-state index contributed by atoms with van der Waals surface area (Å²) in [6.45, 7) is 3.00. The molecule has 18 heavy (non-hydrogen) atoms. The van der Waals surface area contributed by atoms with Crippen LogP contribution in [-0.4, -0.2) is 33.0 Å². The standard InChI is InChI=1S/C10H13N5OS2/c1-3-16-5-8-14-7(11-2)4-9(15-8)17-10-12-6-13-18-10/h4,6H,3,5H2,1-2H3,(H,11,14,15). The van der Waals surface area contributed by atoms with Gasteiger partial charge >= 0.3 is 0 Å². The number of nitrogens with zero attached hydrogens (tertiary/aromatic N) is 4. The lowest BCUT2D eigenvalue weighted by atomic mass is 10.5. The Labute approximate surface area is 113 Å². The van der Waals surface area contributed by atoms with Crippen molar-refractivity contribution in [2.75, 3.05) is 19.0 Å². The highest BCUT2D eigenvalue weighted by Crippen LogP contribution is 2.27. The van der Waals surface area contributed by atoms with Gasteiger partial charge in [-0.25, -0.2) is 15.0 Å². The lowest BCUT2D eigenvalue weighted by Crippen LogP contribution is -2.03. The zero-order valence-electron chi connectivity index (χ0n) is 10.1. The van der Waals surface area contributed by atoms with Gasteiger partial charge in [-0.15, -0.1) is 0 Å². The van der Waals surface area contributed by atoms with Crippen LogP contribution >= 0.6 is 23.3 Å². The SMILES string of the molecule is CCOCc1nc(NC)cc(Sc2ncns2)n1. The molecule has 0 atom stereocenters. The highest BCUT2D eigenvalue weighted by molar-refractivity contribution is 8.00. The Morgan fingerprint density at radius 2 is 2.33 bits per heavy atom. The maximum atomic E-state index is 5.32. The van der Waals surface area contributed by atoms with Gasteiger partial charge in [0.05, 0.1) is 0 Å². The monoisotopic (exact) mass is 283 g/mol. The van der Waals surface area contributed by atoms with E-state index in [2.05, 4.69) is 24.6 Å². The van der Waals surface area contributed by atoms with Crippen molar-refractivity contribution in [2.45, 2.75) is 22.9 Å². The first-order valence-corrected chi connectivity index (χ1v) is 6.98. The molecule has 0 unspecified atom stereocenters. The molecular formula is C10H13N5OS2. The number of anilines is 1. The third-order valence-corrected chi connectivity index (χ3v) is 3.61. The predicted molar refractivity (Wildman–Crippen MR) is 70.9 cm³/mol. The molecule has 96 valence electrons. The molecular weight excluding hydrogens is 270 g/mol. The van der Waals surface area contributed by atoms with Crippen LogP contribution in [0.4, 0.5) is 5.82 Å². The maximum Gasteiger partial charge on any atom is 0.175 e. The summed E-state index contributed by atoms with van der Waals surface area (Å²) < 4.78 is 10.1. The first-order chi connectivity index (χ1) is 8.81.